The first kappa shape index (κ1) is 20.1. The van der Waals surface area contributed by atoms with Gasteiger partial charge in [0.25, 0.3) is 0 Å². The van der Waals surface area contributed by atoms with E-state index in [2.05, 4.69) is 40.6 Å². The number of H-pyrrole nitrogens is 1. The van der Waals surface area contributed by atoms with Gasteiger partial charge in [0, 0.05) is 49.2 Å². The Kier molecular flexibility index (Phi) is 5.71. The number of hydrogen-bond donors (Lipinski definition) is 3. The summed E-state index contributed by atoms with van der Waals surface area (Å²) >= 11 is 0. The first-order chi connectivity index (χ1) is 15.8. The largest absolute Gasteiger partial charge is 0.507 e. The third kappa shape index (κ3) is 4.28. The van der Waals surface area contributed by atoms with Crippen LogP contribution in [0.4, 0.5) is 5.95 Å². The van der Waals surface area contributed by atoms with E-state index in [4.69, 9.17) is 0 Å². The molecule has 4 heterocycles. The molecule has 3 N–H and O–H groups in total. The molecule has 4 aromatic rings. The van der Waals surface area contributed by atoms with Gasteiger partial charge in [-0.2, -0.15) is 5.10 Å². The SMILES string of the molecule is Oc1cc(-c2cn[nH]c2)ccc1-c1cnc(N2CCCC2CNCc2ccccn2)nn1. The van der Waals surface area contributed by atoms with E-state index in [1.807, 2.05) is 36.5 Å². The summed E-state index contributed by atoms with van der Waals surface area (Å²) in [7, 11) is 0. The summed E-state index contributed by atoms with van der Waals surface area (Å²) in [4.78, 5) is 11.1. The summed E-state index contributed by atoms with van der Waals surface area (Å²) in [6.07, 6.45) is 9.15. The van der Waals surface area contributed by atoms with Gasteiger partial charge in [0.15, 0.2) is 0 Å². The lowest BCUT2D eigenvalue weighted by Crippen LogP contribution is -2.39. The van der Waals surface area contributed by atoms with Crippen molar-refractivity contribution in [2.45, 2.75) is 25.4 Å². The third-order valence-corrected chi connectivity index (χ3v) is 5.70. The number of benzene rings is 1. The van der Waals surface area contributed by atoms with E-state index in [1.165, 1.54) is 0 Å². The molecule has 0 bridgehead atoms. The molecule has 1 aliphatic rings. The van der Waals surface area contributed by atoms with E-state index in [1.54, 1.807) is 24.7 Å². The van der Waals surface area contributed by atoms with Gasteiger partial charge in [0.1, 0.15) is 11.4 Å². The van der Waals surface area contributed by atoms with Crippen LogP contribution < -0.4 is 10.2 Å². The Labute approximate surface area is 185 Å². The van der Waals surface area contributed by atoms with Gasteiger partial charge in [-0.05, 0) is 42.7 Å². The number of pyridine rings is 1. The van der Waals surface area contributed by atoms with Crippen molar-refractivity contribution < 1.29 is 5.11 Å². The molecule has 1 aromatic carbocycles. The molecule has 0 aliphatic carbocycles. The predicted molar refractivity (Wildman–Crippen MR) is 121 cm³/mol. The first-order valence-corrected chi connectivity index (χ1v) is 10.7. The molecule has 1 fully saturated rings. The highest BCUT2D eigenvalue weighted by Gasteiger charge is 2.26. The van der Waals surface area contributed by atoms with E-state index in [9.17, 15) is 5.11 Å². The summed E-state index contributed by atoms with van der Waals surface area (Å²) in [6, 6.07) is 11.7. The van der Waals surface area contributed by atoms with Crippen LogP contribution in [0.25, 0.3) is 22.4 Å². The second-order valence-electron chi connectivity index (χ2n) is 7.80. The lowest BCUT2D eigenvalue weighted by Gasteiger charge is -2.24. The predicted octanol–water partition coefficient (Wildman–Crippen LogP) is 2.79. The molecule has 0 radical (unpaired) electrons. The minimum absolute atomic E-state index is 0.130. The van der Waals surface area contributed by atoms with Gasteiger partial charge in [-0.3, -0.25) is 10.1 Å². The summed E-state index contributed by atoms with van der Waals surface area (Å²) in [5.74, 6) is 0.746. The Morgan fingerprint density at radius 2 is 2.06 bits per heavy atom. The van der Waals surface area contributed by atoms with Crippen molar-refractivity contribution in [1.29, 1.82) is 0 Å². The Balaban J connectivity index is 1.26. The summed E-state index contributed by atoms with van der Waals surface area (Å²) in [5.41, 5.74) is 3.93. The number of nitrogens with one attached hydrogen (secondary N) is 2. The van der Waals surface area contributed by atoms with Gasteiger partial charge in [-0.25, -0.2) is 4.98 Å². The van der Waals surface area contributed by atoms with Gasteiger partial charge in [0.2, 0.25) is 5.95 Å². The molecule has 32 heavy (non-hydrogen) atoms. The summed E-state index contributed by atoms with van der Waals surface area (Å²) in [5, 5.41) is 29.4. The quantitative estimate of drug-likeness (QED) is 0.412. The minimum atomic E-state index is 0.130. The molecule has 1 aliphatic heterocycles. The van der Waals surface area contributed by atoms with Crippen molar-refractivity contribution in [3.63, 3.8) is 0 Å². The van der Waals surface area contributed by atoms with Crippen molar-refractivity contribution >= 4 is 5.95 Å². The van der Waals surface area contributed by atoms with Crippen LogP contribution in [0.5, 0.6) is 5.75 Å². The Morgan fingerprint density at radius 3 is 2.81 bits per heavy atom. The Hall–Kier alpha value is -3.85. The van der Waals surface area contributed by atoms with E-state index >= 15 is 0 Å². The second kappa shape index (κ2) is 9.11. The fourth-order valence-electron chi connectivity index (χ4n) is 4.04. The molecular formula is C23H24N8O. The lowest BCUT2D eigenvalue weighted by atomic mass is 10.0. The molecule has 5 rings (SSSR count). The smallest absolute Gasteiger partial charge is 0.245 e. The van der Waals surface area contributed by atoms with Gasteiger partial charge in [-0.15, -0.1) is 10.2 Å². The highest BCUT2D eigenvalue weighted by atomic mass is 16.3. The van der Waals surface area contributed by atoms with Gasteiger partial charge in [0.05, 0.1) is 18.1 Å². The van der Waals surface area contributed by atoms with Crippen molar-refractivity contribution in [2.24, 2.45) is 0 Å². The maximum atomic E-state index is 10.5. The number of phenolic OH excluding ortho intramolecular Hbond substituents is 1. The average molecular weight is 429 g/mol. The molecule has 0 amide bonds. The van der Waals surface area contributed by atoms with Crippen LogP contribution in [0.2, 0.25) is 0 Å². The Bertz CT molecular complexity index is 1150. The van der Waals surface area contributed by atoms with Crippen LogP contribution in [-0.4, -0.2) is 54.6 Å². The summed E-state index contributed by atoms with van der Waals surface area (Å²) < 4.78 is 0. The van der Waals surface area contributed by atoms with Crippen LogP contribution in [0.1, 0.15) is 18.5 Å². The minimum Gasteiger partial charge on any atom is -0.507 e. The number of aromatic amines is 1. The molecule has 1 saturated heterocycles. The number of anilines is 1. The number of hydrogen-bond acceptors (Lipinski definition) is 8. The van der Waals surface area contributed by atoms with E-state index in [0.29, 0.717) is 23.2 Å². The molecule has 9 heteroatoms. The highest BCUT2D eigenvalue weighted by molar-refractivity contribution is 5.73. The van der Waals surface area contributed by atoms with Crippen LogP contribution in [-0.2, 0) is 6.54 Å². The number of phenols is 1. The van der Waals surface area contributed by atoms with E-state index in [0.717, 1.165) is 49.3 Å². The van der Waals surface area contributed by atoms with Crippen LogP contribution in [0.3, 0.4) is 0 Å². The standard InChI is InChI=1S/C23H24N8O/c32-22-10-16(17-11-27-28-12-17)6-7-20(22)21-15-26-23(30-29-21)31-9-3-5-19(31)14-24-13-18-4-1-2-8-25-18/h1-2,4,6-8,10-12,15,19,24,32H,3,5,9,13-14H2,(H,27,28). The first-order valence-electron chi connectivity index (χ1n) is 10.7. The molecule has 0 spiro atoms. The summed E-state index contributed by atoms with van der Waals surface area (Å²) in [6.45, 7) is 2.47. The fraction of sp³-hybridized carbons (Fsp3) is 0.261. The normalized spacial score (nSPS) is 15.9. The highest BCUT2D eigenvalue weighted by Crippen LogP contribution is 2.32. The van der Waals surface area contributed by atoms with Crippen LogP contribution >= 0.6 is 0 Å². The molecular weight excluding hydrogens is 404 g/mol. The average Bonchev–Trinajstić information content (AvgIpc) is 3.53. The zero-order chi connectivity index (χ0) is 21.8. The molecule has 162 valence electrons. The third-order valence-electron chi connectivity index (χ3n) is 5.70. The lowest BCUT2D eigenvalue weighted by molar-refractivity contribution is 0.477. The topological polar surface area (TPSA) is 116 Å². The fourth-order valence-corrected chi connectivity index (χ4v) is 4.04. The maximum absolute atomic E-state index is 10.5. The van der Waals surface area contributed by atoms with Crippen molar-refractivity contribution in [3.05, 3.63) is 66.9 Å². The Morgan fingerprint density at radius 1 is 1.09 bits per heavy atom. The molecule has 3 aromatic heterocycles. The number of aromatic nitrogens is 6. The molecule has 9 nitrogen and oxygen atoms in total. The molecule has 1 unspecified atom stereocenters. The zero-order valence-corrected chi connectivity index (χ0v) is 17.5. The number of rotatable bonds is 7. The monoisotopic (exact) mass is 428 g/mol. The second-order valence-corrected chi connectivity index (χ2v) is 7.80. The molecule has 0 saturated carbocycles. The van der Waals surface area contributed by atoms with E-state index < -0.39 is 0 Å². The maximum Gasteiger partial charge on any atom is 0.245 e. The molecule has 1 atom stereocenters. The van der Waals surface area contributed by atoms with Crippen molar-refractivity contribution in [3.8, 4) is 28.1 Å². The van der Waals surface area contributed by atoms with Gasteiger partial charge >= 0.3 is 0 Å². The number of aromatic hydroxyl groups is 1. The van der Waals surface area contributed by atoms with Crippen molar-refractivity contribution in [1.82, 2.24) is 35.7 Å². The zero-order valence-electron chi connectivity index (χ0n) is 17.5. The van der Waals surface area contributed by atoms with Gasteiger partial charge in [-0.1, -0.05) is 12.1 Å². The van der Waals surface area contributed by atoms with Gasteiger partial charge < -0.3 is 15.3 Å². The number of nitrogens with zero attached hydrogens (tertiary/aromatic N) is 6. The van der Waals surface area contributed by atoms with Crippen molar-refractivity contribution in [2.75, 3.05) is 18.0 Å². The van der Waals surface area contributed by atoms with Crippen LogP contribution in [0.15, 0.2) is 61.2 Å². The van der Waals surface area contributed by atoms with E-state index in [-0.39, 0.29) is 5.75 Å². The van der Waals surface area contributed by atoms with Crippen LogP contribution in [0, 0.1) is 0 Å².